The molecule has 1 amide bonds. The first-order valence-corrected chi connectivity index (χ1v) is 7.73. The highest BCUT2D eigenvalue weighted by Gasteiger charge is 2.09. The fourth-order valence-electron chi connectivity index (χ4n) is 2.21. The van der Waals surface area contributed by atoms with E-state index in [4.69, 9.17) is 0 Å². The Morgan fingerprint density at radius 3 is 2.73 bits per heavy atom. The Labute approximate surface area is 131 Å². The Kier molecular flexibility index (Phi) is 4.25. The van der Waals surface area contributed by atoms with Crippen molar-refractivity contribution in [3.63, 3.8) is 0 Å². The van der Waals surface area contributed by atoms with Gasteiger partial charge < -0.3 is 10.1 Å². The summed E-state index contributed by atoms with van der Waals surface area (Å²) in [7, 11) is 0. The van der Waals surface area contributed by atoms with Gasteiger partial charge in [0.2, 0.25) is 5.91 Å². The Bertz CT molecular complexity index is 812. The van der Waals surface area contributed by atoms with Crippen molar-refractivity contribution in [1.29, 1.82) is 0 Å². The Hall–Kier alpha value is -2.53. The van der Waals surface area contributed by atoms with Crippen LogP contribution in [0.15, 0.2) is 48.5 Å². The van der Waals surface area contributed by atoms with Crippen molar-refractivity contribution in [2.24, 2.45) is 0 Å². The lowest BCUT2D eigenvalue weighted by Gasteiger charge is -2.00. The molecule has 0 radical (unpaired) electrons. The minimum absolute atomic E-state index is 0.0435. The fraction of sp³-hybridized carbons (Fsp3) is 0.118. The van der Waals surface area contributed by atoms with Crippen LogP contribution in [0, 0.1) is 0 Å². The van der Waals surface area contributed by atoms with E-state index in [9.17, 15) is 9.59 Å². The molecule has 0 aliphatic rings. The summed E-state index contributed by atoms with van der Waals surface area (Å²) in [6, 6.07) is 16.2. The van der Waals surface area contributed by atoms with Crippen LogP contribution in [-0.4, -0.2) is 23.7 Å². The van der Waals surface area contributed by atoms with Crippen LogP contribution in [0.4, 0.5) is 0 Å². The molecule has 1 aromatic heterocycles. The predicted octanol–water partition coefficient (Wildman–Crippen LogP) is 2.82. The number of fused-ring (bicyclic) bond motifs is 1. The number of carbonyl (C=O) groups is 2. The number of amides is 1. The number of hydrogen-bond donors (Lipinski definition) is 1. The minimum atomic E-state index is -0.186. The monoisotopic (exact) mass is 310 g/mol. The average molecular weight is 310 g/mol. The maximum atomic E-state index is 11.6. The number of aldehydes is 1. The quantitative estimate of drug-likeness (QED) is 0.737. The molecule has 0 saturated carbocycles. The van der Waals surface area contributed by atoms with Crippen molar-refractivity contribution in [3.8, 4) is 11.1 Å². The topological polar surface area (TPSA) is 59.1 Å². The molecular weight excluding hydrogens is 296 g/mol. The Morgan fingerprint density at radius 2 is 1.95 bits per heavy atom. The lowest BCUT2D eigenvalue weighted by atomic mass is 10.1. The first kappa shape index (κ1) is 14.4. The summed E-state index contributed by atoms with van der Waals surface area (Å²) in [6.07, 6.45) is 0.871. The van der Waals surface area contributed by atoms with Gasteiger partial charge in [-0.1, -0.05) is 36.4 Å². The van der Waals surface area contributed by atoms with E-state index in [2.05, 4.69) is 28.5 Å². The van der Waals surface area contributed by atoms with Crippen LogP contribution in [0.5, 0.6) is 0 Å². The lowest BCUT2D eigenvalue weighted by Crippen LogP contribution is -2.26. The second kappa shape index (κ2) is 6.49. The molecule has 0 fully saturated rings. The molecule has 0 unspecified atom stereocenters. The van der Waals surface area contributed by atoms with Crippen LogP contribution in [0.1, 0.15) is 5.01 Å². The van der Waals surface area contributed by atoms with Crippen LogP contribution >= 0.6 is 11.3 Å². The van der Waals surface area contributed by atoms with Gasteiger partial charge in [0.15, 0.2) is 0 Å². The average Bonchev–Trinajstić information content (AvgIpc) is 2.95. The summed E-state index contributed by atoms with van der Waals surface area (Å²) in [4.78, 5) is 26.3. The molecule has 5 heteroatoms. The first-order valence-electron chi connectivity index (χ1n) is 6.91. The van der Waals surface area contributed by atoms with E-state index in [1.807, 2.05) is 30.3 Å². The van der Waals surface area contributed by atoms with Crippen LogP contribution < -0.4 is 5.32 Å². The third-order valence-corrected chi connectivity index (χ3v) is 4.25. The number of aromatic nitrogens is 1. The third-order valence-electron chi connectivity index (χ3n) is 3.23. The highest BCUT2D eigenvalue weighted by Crippen LogP contribution is 2.28. The van der Waals surface area contributed by atoms with Gasteiger partial charge in [0.1, 0.15) is 11.3 Å². The van der Waals surface area contributed by atoms with Crippen molar-refractivity contribution in [3.05, 3.63) is 53.5 Å². The zero-order valence-electron chi connectivity index (χ0n) is 11.8. The molecule has 0 saturated heterocycles. The van der Waals surface area contributed by atoms with Gasteiger partial charge in [0, 0.05) is 0 Å². The van der Waals surface area contributed by atoms with E-state index >= 15 is 0 Å². The molecule has 1 heterocycles. The number of rotatable bonds is 5. The van der Waals surface area contributed by atoms with E-state index in [0.717, 1.165) is 26.4 Å². The largest absolute Gasteiger partial charge is 0.349 e. The van der Waals surface area contributed by atoms with Gasteiger partial charge in [-0.3, -0.25) is 4.79 Å². The number of hydrogen-bond acceptors (Lipinski definition) is 4. The predicted molar refractivity (Wildman–Crippen MR) is 87.8 cm³/mol. The van der Waals surface area contributed by atoms with E-state index in [1.165, 1.54) is 11.3 Å². The van der Waals surface area contributed by atoms with Crippen LogP contribution in [0.25, 0.3) is 21.3 Å². The standard InChI is InChI=1S/C17H14N2O2S/c20-9-8-18-16(21)11-17-19-14-7-6-13(10-15(14)22-17)12-4-2-1-3-5-12/h1-7,9-10H,8,11H2,(H,18,21). The van der Waals surface area contributed by atoms with Crippen molar-refractivity contribution in [1.82, 2.24) is 10.3 Å². The lowest BCUT2D eigenvalue weighted by molar-refractivity contribution is -0.121. The number of benzene rings is 2. The second-order valence-electron chi connectivity index (χ2n) is 4.80. The zero-order chi connectivity index (χ0) is 15.4. The normalized spacial score (nSPS) is 10.5. The summed E-state index contributed by atoms with van der Waals surface area (Å²) in [6.45, 7) is 0.0435. The first-order chi connectivity index (χ1) is 10.8. The molecule has 0 atom stereocenters. The maximum absolute atomic E-state index is 11.6. The van der Waals surface area contributed by atoms with Crippen molar-refractivity contribution < 1.29 is 9.59 Å². The number of thiazole rings is 1. The van der Waals surface area contributed by atoms with Gasteiger partial charge in [-0.05, 0) is 23.3 Å². The summed E-state index contributed by atoms with van der Waals surface area (Å²) >= 11 is 1.51. The van der Waals surface area contributed by atoms with E-state index in [0.29, 0.717) is 6.29 Å². The molecule has 3 rings (SSSR count). The molecule has 0 aliphatic carbocycles. The molecule has 22 heavy (non-hydrogen) atoms. The fourth-order valence-corrected chi connectivity index (χ4v) is 3.22. The summed E-state index contributed by atoms with van der Waals surface area (Å²) < 4.78 is 1.06. The Morgan fingerprint density at radius 1 is 1.14 bits per heavy atom. The molecular formula is C17H14N2O2S. The maximum Gasteiger partial charge on any atom is 0.227 e. The van der Waals surface area contributed by atoms with Crippen LogP contribution in [0.3, 0.4) is 0 Å². The number of nitrogens with zero attached hydrogens (tertiary/aromatic N) is 1. The summed E-state index contributed by atoms with van der Waals surface area (Å²) in [5.41, 5.74) is 3.18. The van der Waals surface area contributed by atoms with Gasteiger partial charge in [0.25, 0.3) is 0 Å². The molecule has 110 valence electrons. The molecule has 0 spiro atoms. The van der Waals surface area contributed by atoms with Gasteiger partial charge in [-0.2, -0.15) is 0 Å². The van der Waals surface area contributed by atoms with Gasteiger partial charge in [-0.25, -0.2) is 4.98 Å². The second-order valence-corrected chi connectivity index (χ2v) is 5.92. The number of carbonyl (C=O) groups excluding carboxylic acids is 2. The SMILES string of the molecule is O=CCNC(=O)Cc1nc2ccc(-c3ccccc3)cc2s1. The molecule has 2 aromatic carbocycles. The highest BCUT2D eigenvalue weighted by molar-refractivity contribution is 7.18. The molecule has 0 bridgehead atoms. The van der Waals surface area contributed by atoms with E-state index in [1.54, 1.807) is 0 Å². The Balaban J connectivity index is 1.84. The van der Waals surface area contributed by atoms with Crippen LogP contribution in [-0.2, 0) is 16.0 Å². The zero-order valence-corrected chi connectivity index (χ0v) is 12.6. The van der Waals surface area contributed by atoms with Gasteiger partial charge >= 0.3 is 0 Å². The van der Waals surface area contributed by atoms with Crippen molar-refractivity contribution >= 4 is 33.7 Å². The van der Waals surface area contributed by atoms with Gasteiger partial charge in [0.05, 0.1) is 23.2 Å². The molecule has 0 aliphatic heterocycles. The summed E-state index contributed by atoms with van der Waals surface area (Å²) in [5, 5.41) is 3.28. The summed E-state index contributed by atoms with van der Waals surface area (Å²) in [5.74, 6) is -0.186. The molecule has 1 N–H and O–H groups in total. The van der Waals surface area contributed by atoms with Gasteiger partial charge in [-0.15, -0.1) is 11.3 Å². The molecule has 4 nitrogen and oxygen atoms in total. The van der Waals surface area contributed by atoms with Crippen molar-refractivity contribution in [2.45, 2.75) is 6.42 Å². The smallest absolute Gasteiger partial charge is 0.227 e. The molecule has 3 aromatic rings. The van der Waals surface area contributed by atoms with Crippen molar-refractivity contribution in [2.75, 3.05) is 6.54 Å². The van der Waals surface area contributed by atoms with E-state index in [-0.39, 0.29) is 18.9 Å². The number of nitrogens with one attached hydrogen (secondary N) is 1. The minimum Gasteiger partial charge on any atom is -0.349 e. The third kappa shape index (κ3) is 3.20. The highest BCUT2D eigenvalue weighted by atomic mass is 32.1. The van der Waals surface area contributed by atoms with E-state index < -0.39 is 0 Å². The van der Waals surface area contributed by atoms with Crippen LogP contribution in [0.2, 0.25) is 0 Å².